The first kappa shape index (κ1) is 11.7. The van der Waals surface area contributed by atoms with Crippen LogP contribution in [0, 0.1) is 5.92 Å². The number of Topliss-reactive ketones (excluding diaryl/α,β-unsaturated/α-hetero) is 1. The third-order valence-electron chi connectivity index (χ3n) is 2.85. The number of carbonyl (C=O) groups is 1. The summed E-state index contributed by atoms with van der Waals surface area (Å²) in [5.41, 5.74) is 0. The summed E-state index contributed by atoms with van der Waals surface area (Å²) in [6, 6.07) is 0. The van der Waals surface area contributed by atoms with Gasteiger partial charge in [-0.3, -0.25) is 4.79 Å². The fraction of sp³-hybridized carbons (Fsp3) is 0.909. The van der Waals surface area contributed by atoms with Crippen molar-refractivity contribution in [2.45, 2.75) is 38.2 Å². The van der Waals surface area contributed by atoms with E-state index in [1.165, 1.54) is 0 Å². The van der Waals surface area contributed by atoms with Gasteiger partial charge in [0, 0.05) is 18.9 Å². The summed E-state index contributed by atoms with van der Waals surface area (Å²) >= 11 is 0. The Balaban J connectivity index is 2.47. The summed E-state index contributed by atoms with van der Waals surface area (Å²) in [4.78, 5) is 13.8. The van der Waals surface area contributed by atoms with E-state index in [2.05, 4.69) is 4.90 Å². The summed E-state index contributed by atoms with van der Waals surface area (Å²) in [6.07, 6.45) is 3.73. The van der Waals surface area contributed by atoms with E-state index < -0.39 is 0 Å². The summed E-state index contributed by atoms with van der Waals surface area (Å²) in [6.45, 7) is 0.825. The highest BCUT2D eigenvalue weighted by atomic mass is 16.3. The second-order valence-electron chi connectivity index (χ2n) is 4.55. The van der Waals surface area contributed by atoms with Crippen LogP contribution in [0.2, 0.25) is 0 Å². The molecule has 0 spiro atoms. The van der Waals surface area contributed by atoms with E-state index in [0.29, 0.717) is 12.2 Å². The lowest BCUT2D eigenvalue weighted by atomic mass is 9.88. The Morgan fingerprint density at radius 3 is 2.71 bits per heavy atom. The average Bonchev–Trinajstić information content (AvgIpc) is 2.09. The summed E-state index contributed by atoms with van der Waals surface area (Å²) < 4.78 is 0. The minimum Gasteiger partial charge on any atom is -0.393 e. The normalized spacial score (nSPS) is 30.1. The average molecular weight is 199 g/mol. The van der Waals surface area contributed by atoms with Crippen LogP contribution in [0.3, 0.4) is 0 Å². The van der Waals surface area contributed by atoms with Crippen molar-refractivity contribution in [1.82, 2.24) is 4.90 Å². The number of rotatable bonds is 2. The first-order valence-corrected chi connectivity index (χ1v) is 5.45. The molecule has 82 valence electrons. The molecule has 1 saturated carbocycles. The van der Waals surface area contributed by atoms with Gasteiger partial charge in [-0.25, -0.2) is 0 Å². The molecule has 1 fully saturated rings. The highest BCUT2D eigenvalue weighted by Gasteiger charge is 2.22. The molecule has 1 rings (SSSR count). The maximum absolute atomic E-state index is 11.7. The second kappa shape index (κ2) is 5.47. The molecule has 0 amide bonds. The zero-order chi connectivity index (χ0) is 10.6. The minimum atomic E-state index is -0.187. The number of aliphatic hydroxyl groups is 1. The molecule has 1 aliphatic rings. The number of ketones is 1. The molecule has 0 aromatic carbocycles. The zero-order valence-electron chi connectivity index (χ0n) is 9.20. The largest absolute Gasteiger partial charge is 0.393 e. The van der Waals surface area contributed by atoms with Crippen LogP contribution in [-0.4, -0.2) is 42.5 Å². The third kappa shape index (κ3) is 3.76. The van der Waals surface area contributed by atoms with Crippen LogP contribution in [-0.2, 0) is 4.79 Å². The number of hydrogen-bond donors (Lipinski definition) is 1. The fourth-order valence-electron chi connectivity index (χ4n) is 2.05. The van der Waals surface area contributed by atoms with Crippen molar-refractivity contribution in [3.8, 4) is 0 Å². The predicted molar refractivity (Wildman–Crippen MR) is 56.1 cm³/mol. The molecule has 2 atom stereocenters. The lowest BCUT2D eigenvalue weighted by Crippen LogP contribution is -2.30. The lowest BCUT2D eigenvalue weighted by Gasteiger charge is -2.23. The first-order chi connectivity index (χ1) is 6.59. The van der Waals surface area contributed by atoms with Crippen molar-refractivity contribution in [1.29, 1.82) is 0 Å². The van der Waals surface area contributed by atoms with E-state index in [-0.39, 0.29) is 12.0 Å². The van der Waals surface area contributed by atoms with Gasteiger partial charge in [0.1, 0.15) is 5.78 Å². The molecule has 1 N–H and O–H groups in total. The second-order valence-corrected chi connectivity index (χ2v) is 4.55. The van der Waals surface area contributed by atoms with Gasteiger partial charge in [-0.1, -0.05) is 0 Å². The molecule has 3 nitrogen and oxygen atoms in total. The Bertz CT molecular complexity index is 192. The predicted octanol–water partition coefficient (Wildman–Crippen LogP) is 1.06. The van der Waals surface area contributed by atoms with Crippen LogP contribution in [0.5, 0.6) is 0 Å². The van der Waals surface area contributed by atoms with Crippen LogP contribution in [0.4, 0.5) is 0 Å². The molecule has 0 aromatic rings. The topological polar surface area (TPSA) is 40.5 Å². The Morgan fingerprint density at radius 2 is 2.07 bits per heavy atom. The van der Waals surface area contributed by atoms with E-state index >= 15 is 0 Å². The van der Waals surface area contributed by atoms with Crippen molar-refractivity contribution in [3.63, 3.8) is 0 Å². The molecular weight excluding hydrogens is 178 g/mol. The van der Waals surface area contributed by atoms with Gasteiger partial charge in [-0.15, -0.1) is 0 Å². The Kier molecular flexibility index (Phi) is 4.55. The highest BCUT2D eigenvalue weighted by molar-refractivity contribution is 5.81. The Labute approximate surface area is 86.1 Å². The molecule has 0 radical (unpaired) electrons. The van der Waals surface area contributed by atoms with Gasteiger partial charge in [-0.05, 0) is 39.8 Å². The van der Waals surface area contributed by atoms with Gasteiger partial charge < -0.3 is 10.0 Å². The SMILES string of the molecule is CN(C)CC1CCC(O)CCCC1=O. The molecule has 0 bridgehead atoms. The van der Waals surface area contributed by atoms with E-state index in [0.717, 1.165) is 32.2 Å². The third-order valence-corrected chi connectivity index (χ3v) is 2.85. The van der Waals surface area contributed by atoms with E-state index in [1.807, 2.05) is 14.1 Å². The van der Waals surface area contributed by atoms with Gasteiger partial charge in [0.25, 0.3) is 0 Å². The quantitative estimate of drug-likeness (QED) is 0.723. The van der Waals surface area contributed by atoms with Gasteiger partial charge in [0.2, 0.25) is 0 Å². The zero-order valence-corrected chi connectivity index (χ0v) is 9.20. The lowest BCUT2D eigenvalue weighted by molar-refractivity contribution is -0.124. The summed E-state index contributed by atoms with van der Waals surface area (Å²) in [5.74, 6) is 0.519. The summed E-state index contributed by atoms with van der Waals surface area (Å²) in [7, 11) is 3.98. The van der Waals surface area contributed by atoms with Crippen molar-refractivity contribution < 1.29 is 9.90 Å². The fourth-order valence-corrected chi connectivity index (χ4v) is 2.05. The maximum Gasteiger partial charge on any atom is 0.137 e. The van der Waals surface area contributed by atoms with Gasteiger partial charge in [-0.2, -0.15) is 0 Å². The number of hydrogen-bond acceptors (Lipinski definition) is 3. The molecule has 0 heterocycles. The van der Waals surface area contributed by atoms with E-state index in [1.54, 1.807) is 0 Å². The number of carbonyl (C=O) groups excluding carboxylic acids is 1. The van der Waals surface area contributed by atoms with Gasteiger partial charge in [0.05, 0.1) is 6.10 Å². The molecule has 14 heavy (non-hydrogen) atoms. The van der Waals surface area contributed by atoms with Gasteiger partial charge in [0.15, 0.2) is 0 Å². The molecular formula is C11H21NO2. The van der Waals surface area contributed by atoms with Crippen molar-refractivity contribution in [2.75, 3.05) is 20.6 Å². The molecule has 3 heteroatoms. The van der Waals surface area contributed by atoms with Crippen LogP contribution in [0.1, 0.15) is 32.1 Å². The molecule has 1 aliphatic carbocycles. The van der Waals surface area contributed by atoms with Crippen molar-refractivity contribution >= 4 is 5.78 Å². The van der Waals surface area contributed by atoms with Crippen molar-refractivity contribution in [3.05, 3.63) is 0 Å². The summed E-state index contributed by atoms with van der Waals surface area (Å²) in [5, 5.41) is 9.53. The van der Waals surface area contributed by atoms with Crippen LogP contribution < -0.4 is 0 Å². The van der Waals surface area contributed by atoms with E-state index in [9.17, 15) is 9.90 Å². The molecule has 0 saturated heterocycles. The number of nitrogens with zero attached hydrogens (tertiary/aromatic N) is 1. The van der Waals surface area contributed by atoms with Crippen LogP contribution in [0.25, 0.3) is 0 Å². The molecule has 0 aromatic heterocycles. The molecule has 2 unspecified atom stereocenters. The van der Waals surface area contributed by atoms with E-state index in [4.69, 9.17) is 0 Å². The Hall–Kier alpha value is -0.410. The number of aliphatic hydroxyl groups excluding tert-OH is 1. The monoisotopic (exact) mass is 199 g/mol. The first-order valence-electron chi connectivity index (χ1n) is 5.45. The van der Waals surface area contributed by atoms with Crippen molar-refractivity contribution in [2.24, 2.45) is 5.92 Å². The molecule has 0 aliphatic heterocycles. The Morgan fingerprint density at radius 1 is 1.36 bits per heavy atom. The smallest absolute Gasteiger partial charge is 0.137 e. The van der Waals surface area contributed by atoms with Crippen LogP contribution >= 0.6 is 0 Å². The highest BCUT2D eigenvalue weighted by Crippen LogP contribution is 2.20. The van der Waals surface area contributed by atoms with Crippen LogP contribution in [0.15, 0.2) is 0 Å². The maximum atomic E-state index is 11.7. The standard InChI is InChI=1S/C11H21NO2/c1-12(2)8-9-6-7-10(13)4-3-5-11(9)14/h9-10,13H,3-8H2,1-2H3. The minimum absolute atomic E-state index is 0.139. The van der Waals surface area contributed by atoms with Gasteiger partial charge >= 0.3 is 0 Å².